The van der Waals surface area contributed by atoms with Crippen LogP contribution >= 0.6 is 0 Å². The molecule has 0 aromatic carbocycles. The van der Waals surface area contributed by atoms with Crippen molar-refractivity contribution in [3.8, 4) is 0 Å². The van der Waals surface area contributed by atoms with Crippen LogP contribution in [0.15, 0.2) is 28.3 Å². The molecule has 0 radical (unpaired) electrons. The van der Waals surface area contributed by atoms with Gasteiger partial charge in [-0.2, -0.15) is 4.39 Å². The Bertz CT molecular complexity index is 922. The molecule has 1 unspecified atom stereocenters. The normalized spacial score (nSPS) is 18.9. The van der Waals surface area contributed by atoms with Gasteiger partial charge < -0.3 is 9.80 Å². The number of anilines is 2. The molecule has 140 valence electrons. The van der Waals surface area contributed by atoms with Gasteiger partial charge in [-0.05, 0) is 6.92 Å². The lowest BCUT2D eigenvalue weighted by Crippen LogP contribution is -2.36. The van der Waals surface area contributed by atoms with Crippen molar-refractivity contribution in [1.29, 1.82) is 0 Å². The van der Waals surface area contributed by atoms with Gasteiger partial charge in [0, 0.05) is 75.8 Å². The Kier molecular flexibility index (Phi) is 4.55. The number of hydrogen-bond acceptors (Lipinski definition) is 7. The number of halogens is 1. The first kappa shape index (κ1) is 17.5. The molecule has 0 N–H and O–H groups in total. The highest BCUT2D eigenvalue weighted by Crippen LogP contribution is 2.33. The van der Waals surface area contributed by atoms with E-state index >= 15 is 0 Å². The van der Waals surface area contributed by atoms with Crippen molar-refractivity contribution in [3.63, 3.8) is 0 Å². The van der Waals surface area contributed by atoms with Crippen LogP contribution in [0.3, 0.4) is 0 Å². The Balaban J connectivity index is 1.65. The van der Waals surface area contributed by atoms with Crippen molar-refractivity contribution in [2.45, 2.75) is 25.8 Å². The zero-order chi connectivity index (χ0) is 19.0. The van der Waals surface area contributed by atoms with Crippen LogP contribution in [-0.2, 0) is 6.42 Å². The van der Waals surface area contributed by atoms with Gasteiger partial charge in [0.15, 0.2) is 11.7 Å². The number of rotatable bonds is 3. The van der Waals surface area contributed by atoms with Crippen molar-refractivity contribution in [2.24, 2.45) is 9.98 Å². The molecule has 0 bridgehead atoms. The van der Waals surface area contributed by atoms with Gasteiger partial charge in [0.2, 0.25) is 5.95 Å². The van der Waals surface area contributed by atoms with Crippen molar-refractivity contribution in [3.05, 3.63) is 41.4 Å². The van der Waals surface area contributed by atoms with E-state index in [1.54, 1.807) is 0 Å². The van der Waals surface area contributed by atoms with Crippen LogP contribution in [0.25, 0.3) is 0 Å². The molecule has 2 aromatic rings. The summed E-state index contributed by atoms with van der Waals surface area (Å²) in [6.07, 6.45) is 5.29. The van der Waals surface area contributed by atoms with E-state index in [0.717, 1.165) is 36.3 Å². The molecule has 4 rings (SSSR count). The van der Waals surface area contributed by atoms with E-state index in [1.807, 2.05) is 37.5 Å². The first-order valence-electron chi connectivity index (χ1n) is 9.07. The summed E-state index contributed by atoms with van der Waals surface area (Å²) >= 11 is 0. The molecule has 7 nitrogen and oxygen atoms in total. The third-order valence-electron chi connectivity index (χ3n) is 4.92. The number of amidine groups is 1. The minimum atomic E-state index is -0.478. The Morgan fingerprint density at radius 2 is 2.07 bits per heavy atom. The molecule has 0 fully saturated rings. The van der Waals surface area contributed by atoms with Gasteiger partial charge in [-0.3, -0.25) is 4.99 Å². The molecule has 0 aliphatic carbocycles. The van der Waals surface area contributed by atoms with E-state index in [0.29, 0.717) is 24.0 Å². The van der Waals surface area contributed by atoms with Gasteiger partial charge in [-0.1, -0.05) is 0 Å². The van der Waals surface area contributed by atoms with E-state index in [1.165, 1.54) is 6.07 Å². The molecule has 0 saturated heterocycles. The summed E-state index contributed by atoms with van der Waals surface area (Å²) in [5.41, 5.74) is 2.81. The second kappa shape index (κ2) is 7.02. The van der Waals surface area contributed by atoms with Crippen LogP contribution in [0.2, 0.25) is 0 Å². The monoisotopic (exact) mass is 367 g/mol. The summed E-state index contributed by atoms with van der Waals surface area (Å²) in [6, 6.07) is 3.35. The highest BCUT2D eigenvalue weighted by Gasteiger charge is 2.28. The zero-order valence-electron chi connectivity index (χ0n) is 15.7. The summed E-state index contributed by atoms with van der Waals surface area (Å²) in [5.74, 6) is 1.32. The van der Waals surface area contributed by atoms with Crippen LogP contribution in [0.1, 0.15) is 36.5 Å². The summed E-state index contributed by atoms with van der Waals surface area (Å²) < 4.78 is 14.0. The van der Waals surface area contributed by atoms with Crippen LogP contribution < -0.4 is 9.80 Å². The van der Waals surface area contributed by atoms with Gasteiger partial charge in [-0.15, -0.1) is 0 Å². The predicted molar refractivity (Wildman–Crippen MR) is 105 cm³/mol. The molecule has 0 amide bonds. The minimum absolute atomic E-state index is 0.00362. The predicted octanol–water partition coefficient (Wildman–Crippen LogP) is 2.42. The molecular formula is C19H22FN7. The largest absolute Gasteiger partial charge is 0.377 e. The summed E-state index contributed by atoms with van der Waals surface area (Å²) in [6.45, 7) is 3.51. The standard InChI is InChI=1S/C19H22FN7/c1-12-14-11-23-19(18-21-6-4-7-22-18)24-15(14)5-8-27(12)17-10-13(26(2)3)9-16(20)25-17/h6,9-12H,4-5,7-8H2,1-3H3. The topological polar surface area (TPSA) is 69.9 Å². The van der Waals surface area contributed by atoms with E-state index in [2.05, 4.69) is 31.8 Å². The zero-order valence-corrected chi connectivity index (χ0v) is 15.7. The van der Waals surface area contributed by atoms with Crippen LogP contribution in [-0.4, -0.2) is 54.2 Å². The lowest BCUT2D eigenvalue weighted by molar-refractivity contribution is 0.562. The van der Waals surface area contributed by atoms with Gasteiger partial charge >= 0.3 is 0 Å². The number of nitrogens with zero attached hydrogens (tertiary/aromatic N) is 7. The molecule has 4 heterocycles. The molecule has 2 aliphatic heterocycles. The summed E-state index contributed by atoms with van der Waals surface area (Å²) in [7, 11) is 3.78. The number of aliphatic imine (C=N–C) groups is 2. The van der Waals surface area contributed by atoms with E-state index in [-0.39, 0.29) is 6.04 Å². The average molecular weight is 367 g/mol. The molecule has 27 heavy (non-hydrogen) atoms. The van der Waals surface area contributed by atoms with E-state index in [4.69, 9.17) is 4.98 Å². The maximum atomic E-state index is 14.0. The maximum Gasteiger partial charge on any atom is 0.216 e. The summed E-state index contributed by atoms with van der Waals surface area (Å²) in [4.78, 5) is 25.9. The fourth-order valence-corrected chi connectivity index (χ4v) is 3.41. The second-order valence-electron chi connectivity index (χ2n) is 6.92. The molecule has 1 atom stereocenters. The van der Waals surface area contributed by atoms with Gasteiger partial charge in [0.05, 0.1) is 11.7 Å². The summed E-state index contributed by atoms with van der Waals surface area (Å²) in [5, 5.41) is 0. The quantitative estimate of drug-likeness (QED) is 0.779. The first-order valence-corrected chi connectivity index (χ1v) is 9.07. The second-order valence-corrected chi connectivity index (χ2v) is 6.92. The Morgan fingerprint density at radius 3 is 2.81 bits per heavy atom. The molecular weight excluding hydrogens is 345 g/mol. The van der Waals surface area contributed by atoms with Crippen molar-refractivity contribution in [2.75, 3.05) is 37.0 Å². The molecule has 2 aromatic heterocycles. The molecule has 2 aliphatic rings. The number of aromatic nitrogens is 3. The van der Waals surface area contributed by atoms with Crippen molar-refractivity contribution < 1.29 is 4.39 Å². The fourth-order valence-electron chi connectivity index (χ4n) is 3.41. The van der Waals surface area contributed by atoms with E-state index in [9.17, 15) is 4.39 Å². The van der Waals surface area contributed by atoms with Crippen LogP contribution in [0.5, 0.6) is 0 Å². The van der Waals surface area contributed by atoms with Crippen molar-refractivity contribution >= 4 is 23.6 Å². The number of pyridine rings is 1. The van der Waals surface area contributed by atoms with E-state index < -0.39 is 5.95 Å². The molecule has 0 spiro atoms. The third-order valence-corrected chi connectivity index (χ3v) is 4.92. The lowest BCUT2D eigenvalue weighted by atomic mass is 9.99. The third kappa shape index (κ3) is 3.39. The fraction of sp³-hybridized carbons (Fsp3) is 0.421. The Labute approximate surface area is 157 Å². The van der Waals surface area contributed by atoms with Gasteiger partial charge in [0.25, 0.3) is 0 Å². The first-order chi connectivity index (χ1) is 13.0. The minimum Gasteiger partial charge on any atom is -0.377 e. The molecule has 8 heteroatoms. The van der Waals surface area contributed by atoms with Gasteiger partial charge in [-0.25, -0.2) is 19.9 Å². The highest BCUT2D eigenvalue weighted by molar-refractivity contribution is 6.01. The van der Waals surface area contributed by atoms with Crippen LogP contribution in [0.4, 0.5) is 15.9 Å². The molecule has 0 saturated carbocycles. The SMILES string of the molecule is CC1c2cnc(C3=NCCC=N3)nc2CCN1c1cc(N(C)C)cc(F)n1. The Morgan fingerprint density at radius 1 is 1.22 bits per heavy atom. The number of hydrogen-bond donors (Lipinski definition) is 0. The smallest absolute Gasteiger partial charge is 0.216 e. The highest BCUT2D eigenvalue weighted by atomic mass is 19.1. The number of fused-ring (bicyclic) bond motifs is 1. The maximum absolute atomic E-state index is 14.0. The average Bonchev–Trinajstić information content (AvgIpc) is 2.68. The lowest BCUT2D eigenvalue weighted by Gasteiger charge is -2.35. The van der Waals surface area contributed by atoms with Gasteiger partial charge in [0.1, 0.15) is 5.82 Å². The van der Waals surface area contributed by atoms with Crippen LogP contribution in [0, 0.1) is 5.95 Å². The van der Waals surface area contributed by atoms with Crippen molar-refractivity contribution in [1.82, 2.24) is 15.0 Å². The Hall–Kier alpha value is -2.90.